The van der Waals surface area contributed by atoms with E-state index in [1.807, 2.05) is 0 Å². The molecule has 0 atom stereocenters. The van der Waals surface area contributed by atoms with Crippen molar-refractivity contribution in [2.75, 3.05) is 4.72 Å². The van der Waals surface area contributed by atoms with Crippen LogP contribution in [-0.2, 0) is 10.0 Å². The summed E-state index contributed by atoms with van der Waals surface area (Å²) in [5, 5.41) is 0.0511. The Labute approximate surface area is 159 Å². The summed E-state index contributed by atoms with van der Waals surface area (Å²) in [6.45, 7) is 0. The fourth-order valence-corrected chi connectivity index (χ4v) is 3.48. The highest BCUT2D eigenvalue weighted by Gasteiger charge is 2.23. The van der Waals surface area contributed by atoms with Gasteiger partial charge in [-0.3, -0.25) is 4.72 Å². The third kappa shape index (κ3) is 4.58. The number of halogens is 3. The van der Waals surface area contributed by atoms with E-state index in [1.54, 1.807) is 18.2 Å². The molecule has 0 radical (unpaired) electrons. The van der Waals surface area contributed by atoms with E-state index in [0.29, 0.717) is 11.3 Å². The maximum atomic E-state index is 13.8. The first kappa shape index (κ1) is 18.8. The van der Waals surface area contributed by atoms with Crippen LogP contribution in [0.5, 0.6) is 0 Å². The molecule has 0 amide bonds. The fraction of sp³-hybridized carbons (Fsp3) is 0. The van der Waals surface area contributed by atoms with Crippen molar-refractivity contribution in [3.8, 4) is 11.8 Å². The molecule has 0 saturated carbocycles. The predicted octanol–water partition coefficient (Wildman–Crippen LogP) is 3.61. The molecule has 1 heterocycles. The van der Waals surface area contributed by atoms with Gasteiger partial charge >= 0.3 is 0 Å². The summed E-state index contributed by atoms with van der Waals surface area (Å²) >= 11 is 5.68. The molecule has 27 heavy (non-hydrogen) atoms. The van der Waals surface area contributed by atoms with E-state index in [9.17, 15) is 17.2 Å². The van der Waals surface area contributed by atoms with E-state index in [0.717, 1.165) is 18.2 Å². The van der Waals surface area contributed by atoms with Crippen LogP contribution < -0.4 is 4.72 Å². The van der Waals surface area contributed by atoms with Crippen LogP contribution in [0, 0.1) is 23.5 Å². The molecule has 1 aromatic heterocycles. The van der Waals surface area contributed by atoms with E-state index >= 15 is 0 Å². The van der Waals surface area contributed by atoms with Gasteiger partial charge in [0.1, 0.15) is 17.3 Å². The number of nitrogens with zero attached hydrogens (tertiary/aromatic N) is 2. The first-order chi connectivity index (χ1) is 12.8. The summed E-state index contributed by atoms with van der Waals surface area (Å²) < 4.78 is 54.3. The highest BCUT2D eigenvalue weighted by atomic mass is 35.5. The minimum atomic E-state index is -4.45. The Morgan fingerprint density at radius 3 is 2.41 bits per heavy atom. The minimum absolute atomic E-state index is 0.0511. The zero-order valence-electron chi connectivity index (χ0n) is 13.4. The van der Waals surface area contributed by atoms with Gasteiger partial charge in [-0.25, -0.2) is 27.2 Å². The molecule has 136 valence electrons. The summed E-state index contributed by atoms with van der Waals surface area (Å²) in [4.78, 5) is 6.61. The third-order valence-electron chi connectivity index (χ3n) is 3.26. The molecule has 0 aliphatic carbocycles. The Bertz CT molecular complexity index is 1150. The van der Waals surface area contributed by atoms with Crippen LogP contribution in [0.15, 0.2) is 59.6 Å². The Hall–Kier alpha value is -3.02. The van der Waals surface area contributed by atoms with Crippen molar-refractivity contribution in [1.82, 2.24) is 9.97 Å². The number of sulfonamides is 1. The van der Waals surface area contributed by atoms with Crippen molar-refractivity contribution in [3.63, 3.8) is 0 Å². The molecule has 2 aromatic carbocycles. The molecule has 0 unspecified atom stereocenters. The number of aromatic nitrogens is 2. The van der Waals surface area contributed by atoms with Crippen molar-refractivity contribution < 1.29 is 17.2 Å². The largest absolute Gasteiger partial charge is 0.279 e. The molecule has 3 aromatic rings. The highest BCUT2D eigenvalue weighted by Crippen LogP contribution is 2.22. The van der Waals surface area contributed by atoms with E-state index in [4.69, 9.17) is 11.6 Å². The van der Waals surface area contributed by atoms with Gasteiger partial charge in [0.15, 0.2) is 4.90 Å². The first-order valence-electron chi connectivity index (χ1n) is 7.42. The second-order valence-electron chi connectivity index (χ2n) is 5.20. The molecule has 3 rings (SSSR count). The smallest absolute Gasteiger partial charge is 0.267 e. The molecule has 0 bridgehead atoms. The summed E-state index contributed by atoms with van der Waals surface area (Å²) in [7, 11) is -4.45. The molecule has 0 saturated heterocycles. The van der Waals surface area contributed by atoms with Crippen LogP contribution in [0.2, 0.25) is 5.28 Å². The van der Waals surface area contributed by atoms with Crippen LogP contribution in [-0.4, -0.2) is 18.4 Å². The van der Waals surface area contributed by atoms with E-state index in [1.165, 1.54) is 18.3 Å². The number of hydrogen-bond donors (Lipinski definition) is 1. The zero-order chi connectivity index (χ0) is 19.4. The lowest BCUT2D eigenvalue weighted by Crippen LogP contribution is -2.16. The van der Waals surface area contributed by atoms with Gasteiger partial charge in [-0.15, -0.1) is 0 Å². The zero-order valence-corrected chi connectivity index (χ0v) is 15.0. The average Bonchev–Trinajstić information content (AvgIpc) is 2.59. The molecule has 0 aliphatic heterocycles. The van der Waals surface area contributed by atoms with Crippen molar-refractivity contribution >= 4 is 27.3 Å². The quantitative estimate of drug-likeness (QED) is 0.533. The second-order valence-corrected chi connectivity index (χ2v) is 7.16. The van der Waals surface area contributed by atoms with Gasteiger partial charge in [0.2, 0.25) is 5.28 Å². The van der Waals surface area contributed by atoms with Crippen molar-refractivity contribution in [2.45, 2.75) is 4.90 Å². The van der Waals surface area contributed by atoms with E-state index < -0.39 is 26.6 Å². The van der Waals surface area contributed by atoms with Gasteiger partial charge in [0.05, 0.1) is 5.69 Å². The summed E-state index contributed by atoms with van der Waals surface area (Å²) in [5.41, 5.74) is 0.943. The lowest BCUT2D eigenvalue weighted by atomic mass is 10.2. The topological polar surface area (TPSA) is 72.0 Å². The van der Waals surface area contributed by atoms with Gasteiger partial charge in [0.25, 0.3) is 10.0 Å². The van der Waals surface area contributed by atoms with Gasteiger partial charge in [-0.1, -0.05) is 18.1 Å². The molecule has 0 spiro atoms. The normalized spacial score (nSPS) is 10.8. The average molecular weight is 406 g/mol. The Morgan fingerprint density at radius 1 is 1.00 bits per heavy atom. The Morgan fingerprint density at radius 2 is 1.70 bits per heavy atom. The molecule has 1 N–H and O–H groups in total. The summed E-state index contributed by atoms with van der Waals surface area (Å²) in [5.74, 6) is 3.19. The van der Waals surface area contributed by atoms with Crippen molar-refractivity contribution in [1.29, 1.82) is 0 Å². The maximum Gasteiger partial charge on any atom is 0.267 e. The van der Waals surface area contributed by atoms with Gasteiger partial charge in [-0.2, -0.15) is 0 Å². The van der Waals surface area contributed by atoms with Gasteiger partial charge < -0.3 is 0 Å². The molecule has 0 aliphatic rings. The van der Waals surface area contributed by atoms with Crippen molar-refractivity contribution in [3.05, 3.63) is 82.9 Å². The van der Waals surface area contributed by atoms with Crippen LogP contribution in [0.3, 0.4) is 0 Å². The monoisotopic (exact) mass is 405 g/mol. The second kappa shape index (κ2) is 7.70. The maximum absolute atomic E-state index is 13.8. The number of benzene rings is 2. The standard InChI is InChI=1S/C18H10ClF2N3O2S/c19-18-22-10-9-13(23-18)8-7-12-3-1-4-14(11-12)24-27(25,26)17-15(20)5-2-6-16(17)21/h1-6,9-11,24H. The Balaban J connectivity index is 1.88. The van der Waals surface area contributed by atoms with E-state index in [-0.39, 0.29) is 11.0 Å². The molecular weight excluding hydrogens is 396 g/mol. The van der Waals surface area contributed by atoms with Crippen LogP contribution in [0.4, 0.5) is 14.5 Å². The van der Waals surface area contributed by atoms with Gasteiger partial charge in [-0.05, 0) is 53.9 Å². The number of anilines is 1. The Kier molecular flexibility index (Phi) is 5.35. The number of rotatable bonds is 3. The number of nitrogens with one attached hydrogen (secondary N) is 1. The van der Waals surface area contributed by atoms with Crippen LogP contribution >= 0.6 is 11.6 Å². The summed E-state index contributed by atoms with van der Waals surface area (Å²) in [6, 6.07) is 10.4. The van der Waals surface area contributed by atoms with Gasteiger partial charge in [0, 0.05) is 11.8 Å². The lowest BCUT2D eigenvalue weighted by Gasteiger charge is -2.09. The minimum Gasteiger partial charge on any atom is -0.279 e. The molecular formula is C18H10ClF2N3O2S. The molecule has 9 heteroatoms. The first-order valence-corrected chi connectivity index (χ1v) is 9.29. The number of hydrogen-bond acceptors (Lipinski definition) is 4. The molecule has 0 fully saturated rings. The highest BCUT2D eigenvalue weighted by molar-refractivity contribution is 7.92. The predicted molar refractivity (Wildman–Crippen MR) is 96.6 cm³/mol. The van der Waals surface area contributed by atoms with Crippen LogP contribution in [0.25, 0.3) is 0 Å². The molecule has 5 nitrogen and oxygen atoms in total. The fourth-order valence-electron chi connectivity index (χ4n) is 2.15. The summed E-state index contributed by atoms with van der Waals surface area (Å²) in [6.07, 6.45) is 1.45. The lowest BCUT2D eigenvalue weighted by molar-refractivity contribution is 0.521. The van der Waals surface area contributed by atoms with Crippen molar-refractivity contribution in [2.24, 2.45) is 0 Å². The third-order valence-corrected chi connectivity index (χ3v) is 4.88. The SMILES string of the molecule is O=S(=O)(Nc1cccc(C#Cc2ccnc(Cl)n2)c1)c1c(F)cccc1F. The van der Waals surface area contributed by atoms with Crippen LogP contribution in [0.1, 0.15) is 11.3 Å². The van der Waals surface area contributed by atoms with E-state index in [2.05, 4.69) is 26.5 Å².